The van der Waals surface area contributed by atoms with E-state index in [1.165, 1.54) is 0 Å². The Morgan fingerprint density at radius 3 is 1.47 bits per heavy atom. The predicted octanol–water partition coefficient (Wildman–Crippen LogP) is 3.62. The largest absolute Gasteiger partial charge is 0.463 e. The molecule has 0 N–H and O–H groups in total. The van der Waals surface area contributed by atoms with E-state index in [-0.39, 0.29) is 24.1 Å². The molecule has 2 unspecified atom stereocenters. The van der Waals surface area contributed by atoms with E-state index in [9.17, 15) is 9.59 Å². The maximum absolute atomic E-state index is 11.4. The summed E-state index contributed by atoms with van der Waals surface area (Å²) >= 11 is 0. The molecule has 0 heterocycles. The van der Waals surface area contributed by atoms with Crippen LogP contribution in [0.5, 0.6) is 0 Å². The Morgan fingerprint density at radius 2 is 1.16 bits per heavy atom. The van der Waals surface area contributed by atoms with E-state index in [1.807, 2.05) is 27.7 Å². The summed E-state index contributed by atoms with van der Waals surface area (Å²) in [6.45, 7) is 7.76. The zero-order valence-electron chi connectivity index (χ0n) is 12.7. The molecule has 0 amide bonds. The smallest absolute Gasteiger partial charge is 0.306 e. The summed E-state index contributed by atoms with van der Waals surface area (Å²) in [5.41, 5.74) is 0. The van der Waals surface area contributed by atoms with Gasteiger partial charge in [-0.2, -0.15) is 0 Å². The summed E-state index contributed by atoms with van der Waals surface area (Å²) in [7, 11) is 0. The van der Waals surface area contributed by atoms with E-state index in [0.717, 1.165) is 32.1 Å². The fraction of sp³-hybridized carbons (Fsp3) is 0.867. The van der Waals surface area contributed by atoms with Gasteiger partial charge >= 0.3 is 11.9 Å². The average molecular weight is 272 g/mol. The fourth-order valence-electron chi connectivity index (χ4n) is 1.45. The molecule has 0 rings (SSSR count). The molecule has 0 bridgehead atoms. The van der Waals surface area contributed by atoms with E-state index in [1.54, 1.807) is 0 Å². The molecule has 0 aliphatic heterocycles. The standard InChI is InChI=1S/C15H28O4/c1-5-12(3)18-14(16)10-8-7-9-11-15(17)19-13(4)6-2/h12-13H,5-11H2,1-4H3. The Morgan fingerprint density at radius 1 is 0.789 bits per heavy atom. The van der Waals surface area contributed by atoms with Crippen molar-refractivity contribution < 1.29 is 19.1 Å². The van der Waals surface area contributed by atoms with Gasteiger partial charge in [0.15, 0.2) is 0 Å². The van der Waals surface area contributed by atoms with E-state index in [4.69, 9.17) is 9.47 Å². The van der Waals surface area contributed by atoms with Crippen LogP contribution in [0.3, 0.4) is 0 Å². The Bertz CT molecular complexity index is 237. The minimum atomic E-state index is -0.142. The summed E-state index contributed by atoms with van der Waals surface area (Å²) in [4.78, 5) is 22.8. The van der Waals surface area contributed by atoms with Crippen molar-refractivity contribution in [2.24, 2.45) is 0 Å². The molecule has 0 radical (unpaired) electrons. The molecule has 0 fully saturated rings. The average Bonchev–Trinajstić information content (AvgIpc) is 2.37. The SMILES string of the molecule is CCC(C)OC(=O)CCCCCC(=O)OC(C)CC. The minimum Gasteiger partial charge on any atom is -0.463 e. The fourth-order valence-corrected chi connectivity index (χ4v) is 1.45. The van der Waals surface area contributed by atoms with Crippen molar-refractivity contribution in [1.29, 1.82) is 0 Å². The summed E-state index contributed by atoms with van der Waals surface area (Å²) < 4.78 is 10.3. The monoisotopic (exact) mass is 272 g/mol. The molecule has 0 aliphatic carbocycles. The van der Waals surface area contributed by atoms with Crippen molar-refractivity contribution in [2.45, 2.75) is 84.8 Å². The van der Waals surface area contributed by atoms with Gasteiger partial charge in [-0.25, -0.2) is 0 Å². The molecular formula is C15H28O4. The predicted molar refractivity (Wildman–Crippen MR) is 74.8 cm³/mol. The highest BCUT2D eigenvalue weighted by Gasteiger charge is 2.09. The Hall–Kier alpha value is -1.06. The van der Waals surface area contributed by atoms with Gasteiger partial charge in [-0.05, 0) is 39.5 Å². The number of ether oxygens (including phenoxy) is 2. The lowest BCUT2D eigenvalue weighted by Crippen LogP contribution is -2.14. The maximum atomic E-state index is 11.4. The van der Waals surface area contributed by atoms with E-state index >= 15 is 0 Å². The van der Waals surface area contributed by atoms with Crippen LogP contribution in [0.15, 0.2) is 0 Å². The van der Waals surface area contributed by atoms with Crippen molar-refractivity contribution in [3.05, 3.63) is 0 Å². The van der Waals surface area contributed by atoms with Crippen LogP contribution in [0.1, 0.15) is 72.6 Å². The van der Waals surface area contributed by atoms with Gasteiger partial charge in [-0.1, -0.05) is 20.3 Å². The van der Waals surface area contributed by atoms with Crippen molar-refractivity contribution in [3.63, 3.8) is 0 Å². The lowest BCUT2D eigenvalue weighted by Gasteiger charge is -2.11. The molecule has 0 aromatic rings. The van der Waals surface area contributed by atoms with Crippen LogP contribution in [-0.4, -0.2) is 24.1 Å². The second-order valence-corrected chi connectivity index (χ2v) is 4.98. The number of hydrogen-bond donors (Lipinski definition) is 0. The van der Waals surface area contributed by atoms with Crippen molar-refractivity contribution in [1.82, 2.24) is 0 Å². The highest BCUT2D eigenvalue weighted by atomic mass is 16.5. The van der Waals surface area contributed by atoms with Crippen LogP contribution >= 0.6 is 0 Å². The molecule has 0 saturated carbocycles. The first kappa shape index (κ1) is 17.9. The molecule has 2 atom stereocenters. The van der Waals surface area contributed by atoms with Crippen molar-refractivity contribution in [3.8, 4) is 0 Å². The summed E-state index contributed by atoms with van der Waals surface area (Å²) in [5.74, 6) is -0.284. The number of esters is 2. The van der Waals surface area contributed by atoms with Crippen molar-refractivity contribution in [2.75, 3.05) is 0 Å². The van der Waals surface area contributed by atoms with Crippen LogP contribution in [-0.2, 0) is 19.1 Å². The van der Waals surface area contributed by atoms with Gasteiger partial charge in [0.05, 0.1) is 12.2 Å². The topological polar surface area (TPSA) is 52.6 Å². The molecule has 112 valence electrons. The molecule has 0 saturated heterocycles. The van der Waals surface area contributed by atoms with Crippen LogP contribution in [0, 0.1) is 0 Å². The van der Waals surface area contributed by atoms with E-state index in [0.29, 0.717) is 12.8 Å². The van der Waals surface area contributed by atoms with Gasteiger partial charge in [0, 0.05) is 12.8 Å². The van der Waals surface area contributed by atoms with Crippen LogP contribution in [0.2, 0.25) is 0 Å². The molecule has 0 aromatic carbocycles. The molecule has 0 aliphatic rings. The molecular weight excluding hydrogens is 244 g/mol. The quantitative estimate of drug-likeness (QED) is 0.450. The first-order valence-electron chi connectivity index (χ1n) is 7.38. The Labute approximate surface area is 116 Å². The Kier molecular flexibility index (Phi) is 10.2. The summed E-state index contributed by atoms with van der Waals surface area (Å²) in [6.07, 6.45) is 4.94. The first-order valence-corrected chi connectivity index (χ1v) is 7.38. The highest BCUT2D eigenvalue weighted by Crippen LogP contribution is 2.08. The van der Waals surface area contributed by atoms with E-state index < -0.39 is 0 Å². The van der Waals surface area contributed by atoms with Gasteiger partial charge in [-0.15, -0.1) is 0 Å². The third-order valence-electron chi connectivity index (χ3n) is 3.08. The number of carbonyl (C=O) groups excluding carboxylic acids is 2. The second kappa shape index (κ2) is 10.8. The molecule has 0 spiro atoms. The molecule has 4 nitrogen and oxygen atoms in total. The zero-order valence-corrected chi connectivity index (χ0v) is 12.7. The highest BCUT2D eigenvalue weighted by molar-refractivity contribution is 5.70. The number of unbranched alkanes of at least 4 members (excludes halogenated alkanes) is 2. The van der Waals surface area contributed by atoms with E-state index in [2.05, 4.69) is 0 Å². The van der Waals surface area contributed by atoms with Gasteiger partial charge in [0.2, 0.25) is 0 Å². The minimum absolute atomic E-state index is 0.00184. The molecule has 0 aromatic heterocycles. The van der Waals surface area contributed by atoms with Gasteiger partial charge in [-0.3, -0.25) is 9.59 Å². The summed E-state index contributed by atoms with van der Waals surface area (Å²) in [5, 5.41) is 0. The first-order chi connectivity index (χ1) is 8.99. The second-order valence-electron chi connectivity index (χ2n) is 4.98. The zero-order chi connectivity index (χ0) is 14.7. The third kappa shape index (κ3) is 10.5. The van der Waals surface area contributed by atoms with Gasteiger partial charge < -0.3 is 9.47 Å². The van der Waals surface area contributed by atoms with Gasteiger partial charge in [0.25, 0.3) is 0 Å². The third-order valence-corrected chi connectivity index (χ3v) is 3.08. The lowest BCUT2D eigenvalue weighted by molar-refractivity contribution is -0.148. The maximum Gasteiger partial charge on any atom is 0.306 e. The van der Waals surface area contributed by atoms with Crippen LogP contribution in [0.25, 0.3) is 0 Å². The normalized spacial score (nSPS) is 13.7. The van der Waals surface area contributed by atoms with Gasteiger partial charge in [0.1, 0.15) is 0 Å². The Balaban J connectivity index is 3.49. The lowest BCUT2D eigenvalue weighted by atomic mass is 10.1. The summed E-state index contributed by atoms with van der Waals surface area (Å²) in [6, 6.07) is 0. The van der Waals surface area contributed by atoms with Crippen molar-refractivity contribution >= 4 is 11.9 Å². The molecule has 19 heavy (non-hydrogen) atoms. The van der Waals surface area contributed by atoms with Crippen LogP contribution < -0.4 is 0 Å². The number of rotatable bonds is 10. The molecule has 4 heteroatoms. The number of carbonyl (C=O) groups is 2. The number of hydrogen-bond acceptors (Lipinski definition) is 4. The van der Waals surface area contributed by atoms with Crippen LogP contribution in [0.4, 0.5) is 0 Å².